The Morgan fingerprint density at radius 3 is 2.50 bits per heavy atom. The molecule has 1 N–H and O–H groups in total. The number of allylic oxidation sites excluding steroid dienone is 1. The minimum atomic E-state index is -0.132. The van der Waals surface area contributed by atoms with E-state index in [-0.39, 0.29) is 17.5 Å². The van der Waals surface area contributed by atoms with E-state index in [9.17, 15) is 9.90 Å². The summed E-state index contributed by atoms with van der Waals surface area (Å²) in [7, 11) is 0. The largest absolute Gasteiger partial charge is 0.512 e. The number of carbonyl (C=O) groups excluding carboxylic acids is 1. The molecular formula is C15H14O2S. The average molecular weight is 258 g/mol. The minimum Gasteiger partial charge on any atom is -0.512 e. The number of hydrogen-bond donors (Lipinski definition) is 1. The molecule has 0 aliphatic rings. The van der Waals surface area contributed by atoms with E-state index in [2.05, 4.69) is 6.58 Å². The second-order valence-electron chi connectivity index (χ2n) is 4.11. The summed E-state index contributed by atoms with van der Waals surface area (Å²) >= 11 is 1.40. The standard InChI is InChI=1S/C15H14O2S/c1-10(11(2)16)13-8-9-14(18-13)15(17)12-6-4-3-5-7-12/h3-10,16H,2H2,1H3. The van der Waals surface area contributed by atoms with Crippen LogP contribution in [-0.4, -0.2) is 10.9 Å². The number of aliphatic hydroxyl groups is 1. The molecular weight excluding hydrogens is 244 g/mol. The Bertz CT molecular complexity index is 569. The first-order chi connectivity index (χ1) is 8.59. The first-order valence-corrected chi connectivity index (χ1v) is 6.48. The van der Waals surface area contributed by atoms with E-state index in [1.165, 1.54) is 11.3 Å². The number of rotatable bonds is 4. The Kier molecular flexibility index (Phi) is 3.63. The summed E-state index contributed by atoms with van der Waals surface area (Å²) in [6.45, 7) is 5.39. The molecule has 0 radical (unpaired) electrons. The van der Waals surface area contributed by atoms with Crippen molar-refractivity contribution in [3.63, 3.8) is 0 Å². The average Bonchev–Trinajstić information content (AvgIpc) is 2.87. The molecule has 0 aliphatic carbocycles. The van der Waals surface area contributed by atoms with Crippen molar-refractivity contribution in [2.75, 3.05) is 0 Å². The summed E-state index contributed by atoms with van der Waals surface area (Å²) in [6, 6.07) is 12.8. The lowest BCUT2D eigenvalue weighted by Gasteiger charge is -2.05. The highest BCUT2D eigenvalue weighted by atomic mass is 32.1. The van der Waals surface area contributed by atoms with E-state index in [0.717, 1.165) is 4.88 Å². The van der Waals surface area contributed by atoms with Gasteiger partial charge in [0.2, 0.25) is 5.78 Å². The first-order valence-electron chi connectivity index (χ1n) is 5.67. The van der Waals surface area contributed by atoms with E-state index in [1.54, 1.807) is 18.2 Å². The van der Waals surface area contributed by atoms with Crippen LogP contribution >= 0.6 is 11.3 Å². The zero-order valence-electron chi connectivity index (χ0n) is 10.1. The maximum absolute atomic E-state index is 12.2. The summed E-state index contributed by atoms with van der Waals surface area (Å²) in [4.78, 5) is 13.8. The van der Waals surface area contributed by atoms with Gasteiger partial charge in [-0.2, -0.15) is 0 Å². The molecule has 0 saturated heterocycles. The van der Waals surface area contributed by atoms with E-state index < -0.39 is 0 Å². The van der Waals surface area contributed by atoms with Crippen LogP contribution in [0.5, 0.6) is 0 Å². The van der Waals surface area contributed by atoms with Gasteiger partial charge < -0.3 is 5.11 Å². The molecule has 0 saturated carbocycles. The topological polar surface area (TPSA) is 37.3 Å². The van der Waals surface area contributed by atoms with Crippen molar-refractivity contribution in [1.82, 2.24) is 0 Å². The van der Waals surface area contributed by atoms with E-state index >= 15 is 0 Å². The fourth-order valence-corrected chi connectivity index (χ4v) is 2.65. The maximum Gasteiger partial charge on any atom is 0.202 e. The lowest BCUT2D eigenvalue weighted by Crippen LogP contribution is -1.97. The predicted octanol–water partition coefficient (Wildman–Crippen LogP) is 4.15. The summed E-state index contributed by atoms with van der Waals surface area (Å²) < 4.78 is 0. The van der Waals surface area contributed by atoms with Gasteiger partial charge in [-0.05, 0) is 12.1 Å². The van der Waals surface area contributed by atoms with Crippen LogP contribution < -0.4 is 0 Å². The van der Waals surface area contributed by atoms with Crippen LogP contribution in [0.2, 0.25) is 0 Å². The van der Waals surface area contributed by atoms with Crippen LogP contribution in [0.15, 0.2) is 54.8 Å². The third-order valence-electron chi connectivity index (χ3n) is 2.81. The van der Waals surface area contributed by atoms with Gasteiger partial charge in [-0.3, -0.25) is 4.79 Å². The van der Waals surface area contributed by atoms with Gasteiger partial charge in [-0.15, -0.1) is 11.3 Å². The zero-order chi connectivity index (χ0) is 13.1. The number of carbonyl (C=O) groups is 1. The molecule has 0 amide bonds. The molecule has 1 unspecified atom stereocenters. The summed E-state index contributed by atoms with van der Waals surface area (Å²) in [5.41, 5.74) is 0.682. The Morgan fingerprint density at radius 2 is 1.89 bits per heavy atom. The normalized spacial score (nSPS) is 12.1. The SMILES string of the molecule is C=C(O)C(C)c1ccc(C(=O)c2ccccc2)s1. The van der Waals surface area contributed by atoms with E-state index in [4.69, 9.17) is 0 Å². The lowest BCUT2D eigenvalue weighted by atomic mass is 10.1. The van der Waals surface area contributed by atoms with Crippen LogP contribution in [-0.2, 0) is 0 Å². The van der Waals surface area contributed by atoms with Crippen molar-refractivity contribution < 1.29 is 9.90 Å². The Labute approximate surface area is 110 Å². The van der Waals surface area contributed by atoms with Crippen molar-refractivity contribution in [2.45, 2.75) is 12.8 Å². The van der Waals surface area contributed by atoms with Crippen molar-refractivity contribution in [3.8, 4) is 0 Å². The summed E-state index contributed by atoms with van der Waals surface area (Å²) in [6.07, 6.45) is 0. The molecule has 1 heterocycles. The zero-order valence-corrected chi connectivity index (χ0v) is 10.9. The van der Waals surface area contributed by atoms with Crippen molar-refractivity contribution in [1.29, 1.82) is 0 Å². The smallest absolute Gasteiger partial charge is 0.202 e. The molecule has 1 atom stereocenters. The second-order valence-corrected chi connectivity index (χ2v) is 5.23. The summed E-state index contributed by atoms with van der Waals surface area (Å²) in [5.74, 6) is 0.00508. The van der Waals surface area contributed by atoms with Crippen molar-refractivity contribution >= 4 is 17.1 Å². The third-order valence-corrected chi connectivity index (χ3v) is 4.08. The molecule has 0 spiro atoms. The number of hydrogen-bond acceptors (Lipinski definition) is 3. The molecule has 92 valence electrons. The minimum absolute atomic E-state index is 0.0163. The van der Waals surface area contributed by atoms with Gasteiger partial charge >= 0.3 is 0 Å². The van der Waals surface area contributed by atoms with Crippen LogP contribution in [0.1, 0.15) is 33.0 Å². The highest BCUT2D eigenvalue weighted by Crippen LogP contribution is 2.29. The highest BCUT2D eigenvalue weighted by molar-refractivity contribution is 7.14. The van der Waals surface area contributed by atoms with E-state index in [1.807, 2.05) is 31.2 Å². The van der Waals surface area contributed by atoms with Gasteiger partial charge in [0.1, 0.15) is 0 Å². The molecule has 3 heteroatoms. The van der Waals surface area contributed by atoms with Gasteiger partial charge in [-0.25, -0.2) is 0 Å². The molecule has 1 aromatic carbocycles. The predicted molar refractivity (Wildman–Crippen MR) is 74.4 cm³/mol. The molecule has 0 fully saturated rings. The van der Waals surface area contributed by atoms with Crippen LogP contribution in [0.25, 0.3) is 0 Å². The van der Waals surface area contributed by atoms with Crippen LogP contribution in [0.3, 0.4) is 0 Å². The molecule has 18 heavy (non-hydrogen) atoms. The fourth-order valence-electron chi connectivity index (χ4n) is 1.60. The van der Waals surface area contributed by atoms with Gasteiger partial charge in [0.25, 0.3) is 0 Å². The molecule has 0 aliphatic heterocycles. The molecule has 2 rings (SSSR count). The number of benzene rings is 1. The first kappa shape index (κ1) is 12.6. The van der Waals surface area contributed by atoms with Crippen molar-refractivity contribution in [3.05, 3.63) is 70.1 Å². The number of ketones is 1. The monoisotopic (exact) mass is 258 g/mol. The lowest BCUT2D eigenvalue weighted by molar-refractivity contribution is 0.104. The Hall–Kier alpha value is -1.87. The van der Waals surface area contributed by atoms with E-state index in [0.29, 0.717) is 10.4 Å². The third kappa shape index (κ3) is 2.51. The Morgan fingerprint density at radius 1 is 1.22 bits per heavy atom. The molecule has 0 bridgehead atoms. The molecule has 2 nitrogen and oxygen atoms in total. The van der Waals surface area contributed by atoms with Crippen molar-refractivity contribution in [2.24, 2.45) is 0 Å². The number of aliphatic hydroxyl groups excluding tert-OH is 1. The van der Waals surface area contributed by atoms with Gasteiger partial charge in [0, 0.05) is 16.4 Å². The van der Waals surface area contributed by atoms with Gasteiger partial charge in [0.05, 0.1) is 10.6 Å². The maximum atomic E-state index is 12.2. The molecule has 2 aromatic rings. The second kappa shape index (κ2) is 5.19. The van der Waals surface area contributed by atoms with Crippen LogP contribution in [0, 0.1) is 0 Å². The molecule has 1 aromatic heterocycles. The van der Waals surface area contributed by atoms with Crippen LogP contribution in [0.4, 0.5) is 0 Å². The Balaban J connectivity index is 2.26. The van der Waals surface area contributed by atoms with Gasteiger partial charge in [0.15, 0.2) is 0 Å². The van der Waals surface area contributed by atoms with Gasteiger partial charge in [-0.1, -0.05) is 43.8 Å². The highest BCUT2D eigenvalue weighted by Gasteiger charge is 2.15. The fraction of sp³-hybridized carbons (Fsp3) is 0.133. The number of thiophene rings is 1. The quantitative estimate of drug-likeness (QED) is 0.660. The summed E-state index contributed by atoms with van der Waals surface area (Å²) in [5, 5.41) is 9.37.